The van der Waals surface area contributed by atoms with Gasteiger partial charge < -0.3 is 15.4 Å². The quantitative estimate of drug-likeness (QED) is 0.612. The molecule has 1 heterocycles. The molecule has 0 spiro atoms. The minimum absolute atomic E-state index is 0.137. The van der Waals surface area contributed by atoms with Crippen LogP contribution in [0.15, 0.2) is 23.1 Å². The lowest BCUT2D eigenvalue weighted by Gasteiger charge is -2.28. The lowest BCUT2D eigenvalue weighted by molar-refractivity contribution is -0.126. The maximum Gasteiger partial charge on any atom is 0.252 e. The minimum Gasteiger partial charge on any atom is -0.379 e. The summed E-state index contributed by atoms with van der Waals surface area (Å²) in [6.07, 6.45) is 5.17. The number of benzene rings is 1. The lowest BCUT2D eigenvalue weighted by Crippen LogP contribution is -2.55. The van der Waals surface area contributed by atoms with E-state index in [1.807, 2.05) is 6.92 Å². The second-order valence-corrected chi connectivity index (χ2v) is 11.0. The molecule has 2 N–H and O–H groups in total. The van der Waals surface area contributed by atoms with Crippen molar-refractivity contribution in [3.05, 3.63) is 29.3 Å². The van der Waals surface area contributed by atoms with Gasteiger partial charge in [0.2, 0.25) is 15.9 Å². The number of nitrogens with one attached hydrogen (secondary N) is 2. The molecule has 3 rings (SSSR count). The Hall–Kier alpha value is -1.97. The molecule has 9 heteroatoms. The first-order chi connectivity index (χ1) is 15.1. The average molecular weight is 466 g/mol. The molecule has 0 atom stereocenters. The molecule has 1 aliphatic carbocycles. The highest BCUT2D eigenvalue weighted by Gasteiger charge is 2.32. The molecule has 1 aromatic carbocycles. The second kappa shape index (κ2) is 10.3. The van der Waals surface area contributed by atoms with Crippen molar-refractivity contribution in [1.29, 1.82) is 0 Å². The van der Waals surface area contributed by atoms with E-state index in [0.29, 0.717) is 37.7 Å². The summed E-state index contributed by atoms with van der Waals surface area (Å²) in [4.78, 5) is 25.8. The number of hydrogen-bond acceptors (Lipinski definition) is 5. The Kier molecular flexibility index (Phi) is 7.95. The van der Waals surface area contributed by atoms with Gasteiger partial charge in [-0.2, -0.15) is 4.31 Å². The van der Waals surface area contributed by atoms with Gasteiger partial charge in [0.25, 0.3) is 5.91 Å². The van der Waals surface area contributed by atoms with Gasteiger partial charge in [0.1, 0.15) is 5.54 Å². The van der Waals surface area contributed by atoms with Crippen molar-refractivity contribution in [2.75, 3.05) is 32.8 Å². The van der Waals surface area contributed by atoms with E-state index in [-0.39, 0.29) is 29.5 Å². The Morgan fingerprint density at radius 1 is 1.16 bits per heavy atom. The average Bonchev–Trinajstić information content (AvgIpc) is 3.31. The van der Waals surface area contributed by atoms with Crippen LogP contribution < -0.4 is 10.6 Å². The van der Waals surface area contributed by atoms with Gasteiger partial charge in [-0.15, -0.1) is 0 Å². The summed E-state index contributed by atoms with van der Waals surface area (Å²) in [7, 11) is -3.74. The largest absolute Gasteiger partial charge is 0.379 e. The minimum atomic E-state index is -3.74. The predicted octanol–water partition coefficient (Wildman–Crippen LogP) is 2.08. The summed E-state index contributed by atoms with van der Waals surface area (Å²) in [5, 5.41) is 5.71. The Balaban J connectivity index is 1.74. The van der Waals surface area contributed by atoms with Crippen LogP contribution in [0.1, 0.15) is 62.4 Å². The molecular weight excluding hydrogens is 430 g/mol. The fourth-order valence-electron chi connectivity index (χ4n) is 4.24. The number of aryl methyl sites for hydroxylation is 1. The SMILES string of the molecule is CCc1ccc(C(=O)NC(C)(C)C(=O)NCC2CCCC2)cc1S(=O)(=O)N1CCOCC1. The molecule has 1 saturated heterocycles. The second-order valence-electron chi connectivity index (χ2n) is 9.13. The summed E-state index contributed by atoms with van der Waals surface area (Å²) < 4.78 is 33.1. The van der Waals surface area contributed by atoms with Gasteiger partial charge in [-0.05, 0) is 56.7 Å². The molecule has 0 unspecified atom stereocenters. The van der Waals surface area contributed by atoms with Gasteiger partial charge in [0, 0.05) is 25.2 Å². The Morgan fingerprint density at radius 2 is 1.81 bits per heavy atom. The molecule has 0 radical (unpaired) electrons. The normalized spacial score (nSPS) is 18.5. The summed E-state index contributed by atoms with van der Waals surface area (Å²) in [6.45, 7) is 7.08. The number of rotatable bonds is 8. The zero-order chi connectivity index (χ0) is 23.4. The van der Waals surface area contributed by atoms with Crippen molar-refractivity contribution in [2.24, 2.45) is 5.92 Å². The number of carbonyl (C=O) groups is 2. The Morgan fingerprint density at radius 3 is 2.44 bits per heavy atom. The molecule has 8 nitrogen and oxygen atoms in total. The number of carbonyl (C=O) groups excluding carboxylic acids is 2. The molecule has 0 bridgehead atoms. The van der Waals surface area contributed by atoms with Crippen molar-refractivity contribution < 1.29 is 22.7 Å². The van der Waals surface area contributed by atoms with E-state index in [2.05, 4.69) is 10.6 Å². The predicted molar refractivity (Wildman–Crippen MR) is 122 cm³/mol. The topological polar surface area (TPSA) is 105 Å². The molecule has 1 aromatic rings. The first-order valence-corrected chi connectivity index (χ1v) is 12.9. The van der Waals surface area contributed by atoms with Crippen molar-refractivity contribution >= 4 is 21.8 Å². The molecule has 1 aliphatic heterocycles. The number of sulfonamides is 1. The Labute approximate surface area is 191 Å². The molecule has 2 fully saturated rings. The van der Waals surface area contributed by atoms with Crippen LogP contribution in [0.4, 0.5) is 0 Å². The molecule has 178 valence electrons. The number of amides is 2. The molecule has 2 amide bonds. The van der Waals surface area contributed by atoms with Crippen molar-refractivity contribution in [3.8, 4) is 0 Å². The summed E-state index contributed by atoms with van der Waals surface area (Å²) in [5.74, 6) is -0.226. The highest BCUT2D eigenvalue weighted by molar-refractivity contribution is 7.89. The van der Waals surface area contributed by atoms with Crippen LogP contribution in [-0.2, 0) is 26.0 Å². The van der Waals surface area contributed by atoms with Crippen molar-refractivity contribution in [2.45, 2.75) is 63.3 Å². The third kappa shape index (κ3) is 5.68. The number of ether oxygens (including phenoxy) is 1. The smallest absolute Gasteiger partial charge is 0.252 e. The van der Waals surface area contributed by atoms with Crippen LogP contribution in [0.2, 0.25) is 0 Å². The fraction of sp³-hybridized carbons (Fsp3) is 0.652. The summed E-state index contributed by atoms with van der Waals surface area (Å²) in [6, 6.07) is 4.71. The van der Waals surface area contributed by atoms with Gasteiger partial charge >= 0.3 is 0 Å². The zero-order valence-electron chi connectivity index (χ0n) is 19.3. The highest BCUT2D eigenvalue weighted by atomic mass is 32.2. The molecule has 32 heavy (non-hydrogen) atoms. The third-order valence-electron chi connectivity index (χ3n) is 6.32. The first kappa shape index (κ1) is 24.7. The summed E-state index contributed by atoms with van der Waals surface area (Å²) in [5.41, 5.74) is -0.255. The van der Waals surface area contributed by atoms with Gasteiger partial charge in [-0.25, -0.2) is 8.42 Å². The number of nitrogens with zero attached hydrogens (tertiary/aromatic N) is 1. The fourth-order valence-corrected chi connectivity index (χ4v) is 5.97. The van der Waals surface area contributed by atoms with Crippen LogP contribution in [0, 0.1) is 5.92 Å². The van der Waals surface area contributed by atoms with Crippen molar-refractivity contribution in [1.82, 2.24) is 14.9 Å². The van der Waals surface area contributed by atoms with E-state index in [1.165, 1.54) is 23.2 Å². The van der Waals surface area contributed by atoms with E-state index in [1.54, 1.807) is 26.0 Å². The van der Waals surface area contributed by atoms with E-state index in [4.69, 9.17) is 4.74 Å². The van der Waals surface area contributed by atoms with Gasteiger partial charge in [0.05, 0.1) is 18.1 Å². The highest BCUT2D eigenvalue weighted by Crippen LogP contribution is 2.25. The number of hydrogen-bond donors (Lipinski definition) is 2. The monoisotopic (exact) mass is 465 g/mol. The van der Waals surface area contributed by atoms with Crippen LogP contribution in [0.3, 0.4) is 0 Å². The van der Waals surface area contributed by atoms with E-state index in [9.17, 15) is 18.0 Å². The third-order valence-corrected chi connectivity index (χ3v) is 8.30. The molecule has 2 aliphatic rings. The molecule has 1 saturated carbocycles. The Bertz CT molecular complexity index is 933. The van der Waals surface area contributed by atoms with Crippen LogP contribution in [0.25, 0.3) is 0 Å². The zero-order valence-corrected chi connectivity index (χ0v) is 20.1. The maximum absolute atomic E-state index is 13.2. The molecule has 0 aromatic heterocycles. The maximum atomic E-state index is 13.2. The van der Waals surface area contributed by atoms with Crippen LogP contribution in [-0.4, -0.2) is 62.9 Å². The number of morpholine rings is 1. The van der Waals surface area contributed by atoms with E-state index in [0.717, 1.165) is 12.8 Å². The van der Waals surface area contributed by atoms with Gasteiger partial charge in [-0.1, -0.05) is 25.8 Å². The summed E-state index contributed by atoms with van der Waals surface area (Å²) >= 11 is 0. The van der Waals surface area contributed by atoms with Gasteiger partial charge in [-0.3, -0.25) is 9.59 Å². The van der Waals surface area contributed by atoms with Gasteiger partial charge in [0.15, 0.2) is 0 Å². The molecular formula is C23H35N3O5S. The van der Waals surface area contributed by atoms with E-state index < -0.39 is 21.5 Å². The van der Waals surface area contributed by atoms with E-state index >= 15 is 0 Å². The van der Waals surface area contributed by atoms with Crippen molar-refractivity contribution in [3.63, 3.8) is 0 Å². The van der Waals surface area contributed by atoms with Crippen LogP contribution in [0.5, 0.6) is 0 Å². The first-order valence-electron chi connectivity index (χ1n) is 11.5. The lowest BCUT2D eigenvalue weighted by atomic mass is 10.0. The standard InChI is InChI=1S/C23H35N3O5S/c1-4-18-9-10-19(15-20(18)32(29,30)26-11-13-31-14-12-26)21(27)25-23(2,3)22(28)24-16-17-7-5-6-8-17/h9-10,15,17H,4-8,11-14,16H2,1-3H3,(H,24,28)(H,25,27). The van der Waals surface area contributed by atoms with Crippen LogP contribution >= 0.6 is 0 Å².